The second kappa shape index (κ2) is 14.5. The summed E-state index contributed by atoms with van der Waals surface area (Å²) in [5, 5.41) is 6.47. The first-order valence-corrected chi connectivity index (χ1v) is 17.8. The van der Waals surface area contributed by atoms with Crippen LogP contribution in [0.5, 0.6) is 0 Å². The standard InChI is InChI=1S/C36H25NS.C12H10/c1-4-12-25(13-5-1)26-20-22-29(23-21-26)37-35-31(27-14-6-2-7-15-27)24-32-30-18-10-11-19-33(30)38-36(32)34(35)28-16-8-3-9-17-28;1-3-7-11(8-4-1)12-9-5-2-6-10-12/h1-24,37H;1-10H. The Morgan fingerprint density at radius 3 is 1.28 bits per heavy atom. The molecule has 0 fully saturated rings. The van der Waals surface area contributed by atoms with Crippen molar-refractivity contribution in [2.45, 2.75) is 0 Å². The summed E-state index contributed by atoms with van der Waals surface area (Å²) in [6.07, 6.45) is 0. The summed E-state index contributed by atoms with van der Waals surface area (Å²) in [5.74, 6) is 0. The maximum absolute atomic E-state index is 3.86. The van der Waals surface area contributed by atoms with Gasteiger partial charge in [0.1, 0.15) is 0 Å². The van der Waals surface area contributed by atoms with E-state index in [1.54, 1.807) is 0 Å². The molecule has 9 aromatic rings. The summed E-state index contributed by atoms with van der Waals surface area (Å²) in [6, 6.07) is 72.7. The van der Waals surface area contributed by atoms with Gasteiger partial charge in [0.05, 0.1) is 5.69 Å². The van der Waals surface area contributed by atoms with Crippen LogP contribution in [-0.2, 0) is 0 Å². The van der Waals surface area contributed by atoms with E-state index >= 15 is 0 Å². The Balaban J connectivity index is 0.000000254. The van der Waals surface area contributed by atoms with Crippen molar-refractivity contribution in [2.24, 2.45) is 0 Å². The van der Waals surface area contributed by atoms with E-state index < -0.39 is 0 Å². The molecule has 0 aliphatic heterocycles. The summed E-state index contributed by atoms with van der Waals surface area (Å²) in [5.41, 5.74) is 12.0. The smallest absolute Gasteiger partial charge is 0.0558 e. The van der Waals surface area contributed by atoms with Gasteiger partial charge in [-0.3, -0.25) is 0 Å². The van der Waals surface area contributed by atoms with Crippen LogP contribution in [-0.4, -0.2) is 0 Å². The molecule has 0 radical (unpaired) electrons. The fourth-order valence-electron chi connectivity index (χ4n) is 6.50. The molecule has 238 valence electrons. The molecular weight excluding hydrogens is 623 g/mol. The first-order valence-electron chi connectivity index (χ1n) is 16.9. The number of benzene rings is 8. The predicted octanol–water partition coefficient (Wildman–Crippen LogP) is 14.2. The van der Waals surface area contributed by atoms with Crippen LogP contribution in [0, 0.1) is 0 Å². The van der Waals surface area contributed by atoms with Crippen molar-refractivity contribution in [1.82, 2.24) is 0 Å². The fourth-order valence-corrected chi connectivity index (χ4v) is 7.75. The molecule has 0 saturated carbocycles. The zero-order valence-electron chi connectivity index (χ0n) is 27.5. The van der Waals surface area contributed by atoms with E-state index in [1.165, 1.54) is 64.7 Å². The van der Waals surface area contributed by atoms with E-state index in [2.05, 4.69) is 199 Å². The van der Waals surface area contributed by atoms with Crippen LogP contribution in [0.1, 0.15) is 0 Å². The van der Waals surface area contributed by atoms with Gasteiger partial charge in [0.25, 0.3) is 0 Å². The van der Waals surface area contributed by atoms with Gasteiger partial charge < -0.3 is 5.32 Å². The van der Waals surface area contributed by atoms with Crippen molar-refractivity contribution >= 4 is 42.9 Å². The van der Waals surface area contributed by atoms with Crippen molar-refractivity contribution in [3.05, 3.63) is 206 Å². The summed E-state index contributed by atoms with van der Waals surface area (Å²) in [6.45, 7) is 0. The van der Waals surface area contributed by atoms with E-state index in [4.69, 9.17) is 0 Å². The minimum atomic E-state index is 1.07. The van der Waals surface area contributed by atoms with Crippen molar-refractivity contribution in [2.75, 3.05) is 5.32 Å². The van der Waals surface area contributed by atoms with Crippen molar-refractivity contribution in [1.29, 1.82) is 0 Å². The zero-order chi connectivity index (χ0) is 33.5. The van der Waals surface area contributed by atoms with E-state index in [0.717, 1.165) is 11.4 Å². The molecule has 0 aliphatic rings. The summed E-state index contributed by atoms with van der Waals surface area (Å²) < 4.78 is 2.61. The lowest BCUT2D eigenvalue weighted by atomic mass is 9.93. The highest BCUT2D eigenvalue weighted by molar-refractivity contribution is 7.26. The van der Waals surface area contributed by atoms with Crippen LogP contribution >= 0.6 is 11.3 Å². The molecule has 50 heavy (non-hydrogen) atoms. The molecule has 0 amide bonds. The number of thiophene rings is 1. The summed E-state index contributed by atoms with van der Waals surface area (Å²) >= 11 is 1.87. The molecule has 0 aliphatic carbocycles. The van der Waals surface area contributed by atoms with Crippen molar-refractivity contribution < 1.29 is 0 Å². The first-order chi connectivity index (χ1) is 24.8. The molecule has 0 bridgehead atoms. The molecule has 1 N–H and O–H groups in total. The minimum Gasteiger partial charge on any atom is -0.354 e. The number of hydrogen-bond donors (Lipinski definition) is 1. The normalized spacial score (nSPS) is 10.8. The van der Waals surface area contributed by atoms with Gasteiger partial charge in [-0.1, -0.05) is 182 Å². The van der Waals surface area contributed by atoms with E-state index in [0.29, 0.717) is 0 Å². The molecule has 0 unspecified atom stereocenters. The number of hydrogen-bond acceptors (Lipinski definition) is 2. The largest absolute Gasteiger partial charge is 0.354 e. The molecule has 0 saturated heterocycles. The Hall–Kier alpha value is -6.22. The monoisotopic (exact) mass is 657 g/mol. The Kier molecular flexibility index (Phi) is 9.01. The van der Waals surface area contributed by atoms with Gasteiger partial charge in [-0.15, -0.1) is 11.3 Å². The Morgan fingerprint density at radius 1 is 0.340 bits per heavy atom. The Labute approximate surface area is 297 Å². The molecule has 2 heteroatoms. The maximum atomic E-state index is 3.86. The summed E-state index contributed by atoms with van der Waals surface area (Å²) in [4.78, 5) is 0. The molecule has 0 spiro atoms. The third kappa shape index (κ3) is 6.58. The van der Waals surface area contributed by atoms with Gasteiger partial charge in [-0.2, -0.15) is 0 Å². The maximum Gasteiger partial charge on any atom is 0.0558 e. The average molecular weight is 658 g/mol. The highest BCUT2D eigenvalue weighted by atomic mass is 32.1. The molecule has 1 heterocycles. The van der Waals surface area contributed by atoms with Gasteiger partial charge in [-0.25, -0.2) is 0 Å². The molecular formula is C48H35NS. The molecule has 8 aromatic carbocycles. The second-order valence-electron chi connectivity index (χ2n) is 12.2. The van der Waals surface area contributed by atoms with Gasteiger partial charge in [0.15, 0.2) is 0 Å². The van der Waals surface area contributed by atoms with Crippen LogP contribution in [0.2, 0.25) is 0 Å². The van der Waals surface area contributed by atoms with E-state index in [1.807, 2.05) is 23.5 Å². The number of nitrogens with one attached hydrogen (secondary N) is 1. The van der Waals surface area contributed by atoms with Gasteiger partial charge in [-0.05, 0) is 57.6 Å². The highest BCUT2D eigenvalue weighted by Gasteiger charge is 2.20. The van der Waals surface area contributed by atoms with Crippen molar-refractivity contribution in [3.8, 4) is 44.5 Å². The fraction of sp³-hybridized carbons (Fsp3) is 0. The first kappa shape index (κ1) is 31.1. The quantitative estimate of drug-likeness (QED) is 0.188. The number of rotatable bonds is 6. The second-order valence-corrected chi connectivity index (χ2v) is 13.2. The Morgan fingerprint density at radius 2 is 0.760 bits per heavy atom. The van der Waals surface area contributed by atoms with Crippen LogP contribution in [0.15, 0.2) is 206 Å². The van der Waals surface area contributed by atoms with Gasteiger partial charge >= 0.3 is 0 Å². The topological polar surface area (TPSA) is 12.0 Å². The third-order valence-corrected chi connectivity index (χ3v) is 10.2. The van der Waals surface area contributed by atoms with Crippen LogP contribution in [0.25, 0.3) is 64.7 Å². The summed E-state index contributed by atoms with van der Waals surface area (Å²) in [7, 11) is 0. The lowest BCUT2D eigenvalue weighted by Gasteiger charge is -2.19. The van der Waals surface area contributed by atoms with Crippen LogP contribution in [0.3, 0.4) is 0 Å². The predicted molar refractivity (Wildman–Crippen MR) is 217 cm³/mol. The van der Waals surface area contributed by atoms with Gasteiger partial charge in [0, 0.05) is 37.0 Å². The lowest BCUT2D eigenvalue weighted by Crippen LogP contribution is -1.97. The van der Waals surface area contributed by atoms with Gasteiger partial charge in [0.2, 0.25) is 0 Å². The van der Waals surface area contributed by atoms with Crippen LogP contribution in [0.4, 0.5) is 11.4 Å². The van der Waals surface area contributed by atoms with Crippen molar-refractivity contribution in [3.63, 3.8) is 0 Å². The third-order valence-electron chi connectivity index (χ3n) is 8.96. The molecule has 0 atom stereocenters. The molecule has 1 nitrogen and oxygen atoms in total. The average Bonchev–Trinajstić information content (AvgIpc) is 3.58. The van der Waals surface area contributed by atoms with E-state index in [9.17, 15) is 0 Å². The van der Waals surface area contributed by atoms with E-state index in [-0.39, 0.29) is 0 Å². The zero-order valence-corrected chi connectivity index (χ0v) is 28.4. The SMILES string of the molecule is c1ccc(-c2ccc(Nc3c(-c4ccccc4)cc4c(sc5ccccc54)c3-c3ccccc3)cc2)cc1.c1ccc(-c2ccccc2)cc1. The number of fused-ring (bicyclic) bond motifs is 3. The molecule has 1 aromatic heterocycles. The minimum absolute atomic E-state index is 1.07. The Bertz CT molecular complexity index is 2420. The molecule has 9 rings (SSSR count). The number of anilines is 2. The lowest BCUT2D eigenvalue weighted by molar-refractivity contribution is 1.54. The highest BCUT2D eigenvalue weighted by Crippen LogP contribution is 2.49. The van der Waals surface area contributed by atoms with Crippen LogP contribution < -0.4 is 5.32 Å².